The molecule has 2 heterocycles. The van der Waals surface area contributed by atoms with Crippen LogP contribution in [0.15, 0.2) is 81.1 Å². The lowest BCUT2D eigenvalue weighted by molar-refractivity contribution is -0.121. The van der Waals surface area contributed by atoms with Gasteiger partial charge in [-0.15, -0.1) is 0 Å². The van der Waals surface area contributed by atoms with Crippen molar-refractivity contribution in [3.05, 3.63) is 92.3 Å². The maximum Gasteiger partial charge on any atom is 0.266 e. The molecular formula is C28H25BrClN3O3S. The van der Waals surface area contributed by atoms with Gasteiger partial charge in [-0.25, -0.2) is 4.99 Å². The van der Waals surface area contributed by atoms with Crippen molar-refractivity contribution in [1.29, 1.82) is 0 Å². The Morgan fingerprint density at radius 3 is 2.51 bits per heavy atom. The summed E-state index contributed by atoms with van der Waals surface area (Å²) in [6, 6.07) is 21.4. The van der Waals surface area contributed by atoms with Gasteiger partial charge in [-0.2, -0.15) is 0 Å². The van der Waals surface area contributed by atoms with Crippen molar-refractivity contribution in [1.82, 2.24) is 4.90 Å². The van der Waals surface area contributed by atoms with Crippen LogP contribution in [0.1, 0.15) is 11.1 Å². The van der Waals surface area contributed by atoms with Crippen LogP contribution in [-0.4, -0.2) is 49.3 Å². The summed E-state index contributed by atoms with van der Waals surface area (Å²) in [6.45, 7) is 3.71. The Bertz CT molecular complexity index is 1340. The highest BCUT2D eigenvalue weighted by Gasteiger charge is 2.30. The van der Waals surface area contributed by atoms with Crippen molar-refractivity contribution < 1.29 is 14.3 Å². The van der Waals surface area contributed by atoms with Crippen LogP contribution < -0.4 is 9.64 Å². The molecule has 2 saturated heterocycles. The molecule has 2 fully saturated rings. The minimum atomic E-state index is -0.0760. The molecule has 9 heteroatoms. The molecule has 3 aromatic rings. The summed E-state index contributed by atoms with van der Waals surface area (Å²) in [5.74, 6) is 0.648. The van der Waals surface area contributed by atoms with Crippen molar-refractivity contribution in [2.45, 2.75) is 6.61 Å². The first kappa shape index (κ1) is 25.9. The minimum Gasteiger partial charge on any atom is -0.488 e. The molecule has 37 heavy (non-hydrogen) atoms. The fraction of sp³-hybridized carbons (Fsp3) is 0.214. The number of rotatable bonds is 6. The summed E-state index contributed by atoms with van der Waals surface area (Å²) in [6.07, 6.45) is 1.88. The van der Waals surface area contributed by atoms with Gasteiger partial charge in [-0.1, -0.05) is 29.8 Å². The van der Waals surface area contributed by atoms with Gasteiger partial charge in [0.1, 0.15) is 12.4 Å². The third-order valence-electron chi connectivity index (χ3n) is 6.02. The van der Waals surface area contributed by atoms with E-state index in [9.17, 15) is 4.79 Å². The second-order valence-corrected chi connectivity index (χ2v) is 10.9. The lowest BCUT2D eigenvalue weighted by Gasteiger charge is -2.28. The monoisotopic (exact) mass is 597 g/mol. The van der Waals surface area contributed by atoms with Crippen LogP contribution in [0.3, 0.4) is 0 Å². The predicted molar refractivity (Wildman–Crippen MR) is 155 cm³/mol. The van der Waals surface area contributed by atoms with Crippen molar-refractivity contribution in [3.8, 4) is 5.75 Å². The highest BCUT2D eigenvalue weighted by molar-refractivity contribution is 9.10. The molecule has 190 valence electrons. The average molecular weight is 599 g/mol. The third-order valence-corrected chi connectivity index (χ3v) is 7.95. The smallest absolute Gasteiger partial charge is 0.266 e. The van der Waals surface area contributed by atoms with Crippen molar-refractivity contribution in [2.75, 3.05) is 38.3 Å². The highest BCUT2D eigenvalue weighted by Crippen LogP contribution is 2.35. The number of carbonyl (C=O) groups excluding carboxylic acids is 1. The molecule has 5 rings (SSSR count). The van der Waals surface area contributed by atoms with Crippen LogP contribution in [-0.2, 0) is 16.1 Å². The van der Waals surface area contributed by atoms with Crippen molar-refractivity contribution in [2.24, 2.45) is 4.99 Å². The van der Waals surface area contributed by atoms with E-state index in [1.807, 2.05) is 60.7 Å². The van der Waals surface area contributed by atoms with E-state index < -0.39 is 0 Å². The van der Waals surface area contributed by atoms with Crippen LogP contribution in [0.5, 0.6) is 5.75 Å². The Balaban J connectivity index is 1.26. The van der Waals surface area contributed by atoms with E-state index in [0.717, 1.165) is 59.0 Å². The number of aliphatic imine (C=N–C) groups is 1. The van der Waals surface area contributed by atoms with Gasteiger partial charge in [0.05, 0.1) is 28.3 Å². The zero-order chi connectivity index (χ0) is 25.8. The molecule has 0 aromatic heterocycles. The number of halogens is 2. The minimum absolute atomic E-state index is 0.0760. The van der Waals surface area contributed by atoms with Gasteiger partial charge in [0.2, 0.25) is 0 Å². The van der Waals surface area contributed by atoms with E-state index in [-0.39, 0.29) is 5.91 Å². The average Bonchev–Trinajstić information content (AvgIpc) is 3.17. The first-order chi connectivity index (χ1) is 18.0. The Morgan fingerprint density at radius 2 is 1.81 bits per heavy atom. The first-order valence-electron chi connectivity index (χ1n) is 11.8. The predicted octanol–water partition coefficient (Wildman–Crippen LogP) is 6.75. The zero-order valence-electron chi connectivity index (χ0n) is 20.2. The van der Waals surface area contributed by atoms with Crippen molar-refractivity contribution >= 4 is 67.8 Å². The molecule has 1 amide bonds. The SMILES string of the molecule is CN1C(=O)/C(=C/c2ccc(OCc3ccc(Cl)cc3)c(Br)c2)SC1=Nc1ccc(N2CCOCC2)cc1. The van der Waals surface area contributed by atoms with Crippen LogP contribution in [0, 0.1) is 0 Å². The van der Waals surface area contributed by atoms with Gasteiger partial charge in [0.15, 0.2) is 5.17 Å². The fourth-order valence-corrected chi connectivity index (χ4v) is 5.56. The topological polar surface area (TPSA) is 54.4 Å². The van der Waals surface area contributed by atoms with Gasteiger partial charge in [0.25, 0.3) is 5.91 Å². The van der Waals surface area contributed by atoms with Crippen LogP contribution in [0.25, 0.3) is 6.08 Å². The fourth-order valence-electron chi connectivity index (χ4n) is 3.94. The third kappa shape index (κ3) is 6.38. The van der Waals surface area contributed by atoms with Gasteiger partial charge in [-0.3, -0.25) is 9.69 Å². The second kappa shape index (κ2) is 11.7. The molecule has 2 aliphatic rings. The van der Waals surface area contributed by atoms with E-state index in [0.29, 0.717) is 21.7 Å². The van der Waals surface area contributed by atoms with E-state index >= 15 is 0 Å². The second-order valence-electron chi connectivity index (χ2n) is 8.59. The lowest BCUT2D eigenvalue weighted by atomic mass is 10.2. The number of anilines is 1. The van der Waals surface area contributed by atoms with E-state index in [2.05, 4.69) is 33.0 Å². The van der Waals surface area contributed by atoms with Gasteiger partial charge in [0, 0.05) is 30.8 Å². The first-order valence-corrected chi connectivity index (χ1v) is 13.8. The number of ether oxygens (including phenoxy) is 2. The van der Waals surface area contributed by atoms with Crippen LogP contribution >= 0.6 is 39.3 Å². The van der Waals surface area contributed by atoms with Gasteiger partial charge >= 0.3 is 0 Å². The number of thioether (sulfide) groups is 1. The van der Waals surface area contributed by atoms with E-state index in [1.165, 1.54) is 11.8 Å². The number of benzene rings is 3. The Kier molecular flexibility index (Phi) is 8.20. The molecule has 0 spiro atoms. The summed E-state index contributed by atoms with van der Waals surface area (Å²) in [4.78, 5) is 22.1. The molecule has 3 aromatic carbocycles. The molecule has 0 saturated carbocycles. The lowest BCUT2D eigenvalue weighted by Crippen LogP contribution is -2.36. The molecule has 0 N–H and O–H groups in total. The van der Waals surface area contributed by atoms with E-state index in [1.54, 1.807) is 11.9 Å². The number of morpholine rings is 1. The summed E-state index contributed by atoms with van der Waals surface area (Å²) in [5.41, 5.74) is 3.89. The number of amidine groups is 1. The highest BCUT2D eigenvalue weighted by atomic mass is 79.9. The Hall–Kier alpha value is -2.78. The number of hydrogen-bond acceptors (Lipinski definition) is 6. The maximum atomic E-state index is 12.9. The number of amides is 1. The summed E-state index contributed by atoms with van der Waals surface area (Å²) >= 11 is 10.9. The largest absolute Gasteiger partial charge is 0.488 e. The molecule has 0 atom stereocenters. The molecular weight excluding hydrogens is 574 g/mol. The number of carbonyl (C=O) groups is 1. The number of hydrogen-bond donors (Lipinski definition) is 0. The summed E-state index contributed by atoms with van der Waals surface area (Å²) < 4.78 is 12.2. The quantitative estimate of drug-likeness (QED) is 0.294. The molecule has 0 unspecified atom stereocenters. The standard InChI is InChI=1S/C28H25BrClN3O3S/c1-32-27(34)26(37-28(32)31-22-7-9-23(10-8-22)33-12-14-35-15-13-33)17-20-4-11-25(24(29)16-20)36-18-19-2-5-21(30)6-3-19/h2-11,16-17H,12-15,18H2,1H3/b26-17-,31-28?. The molecule has 2 aliphatic heterocycles. The van der Waals surface area contributed by atoms with Crippen LogP contribution in [0.4, 0.5) is 11.4 Å². The van der Waals surface area contributed by atoms with Gasteiger partial charge < -0.3 is 14.4 Å². The van der Waals surface area contributed by atoms with Gasteiger partial charge in [-0.05, 0) is 93.4 Å². The molecule has 0 aliphatic carbocycles. The molecule has 6 nitrogen and oxygen atoms in total. The molecule has 0 radical (unpaired) electrons. The van der Waals surface area contributed by atoms with Crippen molar-refractivity contribution in [3.63, 3.8) is 0 Å². The number of nitrogens with zero attached hydrogens (tertiary/aromatic N) is 3. The maximum absolute atomic E-state index is 12.9. The normalized spacial score (nSPS) is 18.2. The molecule has 0 bridgehead atoms. The zero-order valence-corrected chi connectivity index (χ0v) is 23.4. The Morgan fingerprint density at radius 1 is 1.08 bits per heavy atom. The Labute approximate surface area is 234 Å². The number of likely N-dealkylation sites (N-methyl/N-ethyl adjacent to an activating group) is 1. The van der Waals surface area contributed by atoms with E-state index in [4.69, 9.17) is 26.1 Å². The summed E-state index contributed by atoms with van der Waals surface area (Å²) in [5, 5.41) is 1.35. The van der Waals surface area contributed by atoms with Crippen LogP contribution in [0.2, 0.25) is 5.02 Å². The summed E-state index contributed by atoms with van der Waals surface area (Å²) in [7, 11) is 1.75.